The van der Waals surface area contributed by atoms with Crippen molar-refractivity contribution in [3.05, 3.63) is 17.0 Å². The van der Waals surface area contributed by atoms with Gasteiger partial charge in [-0.15, -0.1) is 0 Å². The second kappa shape index (κ2) is 6.24. The fourth-order valence-electron chi connectivity index (χ4n) is 1.14. The SMILES string of the molecule is Cc1cc(NCCNC(=O)N(C)C)nc(Cl)n1. The summed E-state index contributed by atoms with van der Waals surface area (Å²) in [5.74, 6) is 0.654. The number of nitrogens with zero attached hydrogens (tertiary/aromatic N) is 3. The molecule has 1 rings (SSSR count). The van der Waals surface area contributed by atoms with Gasteiger partial charge < -0.3 is 15.5 Å². The Morgan fingerprint density at radius 1 is 1.41 bits per heavy atom. The van der Waals surface area contributed by atoms with Crippen molar-refractivity contribution in [3.8, 4) is 0 Å². The number of aryl methyl sites for hydroxylation is 1. The minimum absolute atomic E-state index is 0.122. The van der Waals surface area contributed by atoms with E-state index < -0.39 is 0 Å². The van der Waals surface area contributed by atoms with Crippen molar-refractivity contribution in [3.63, 3.8) is 0 Å². The molecule has 17 heavy (non-hydrogen) atoms. The zero-order chi connectivity index (χ0) is 12.8. The third-order valence-corrected chi connectivity index (χ3v) is 2.11. The van der Waals surface area contributed by atoms with Gasteiger partial charge >= 0.3 is 6.03 Å². The van der Waals surface area contributed by atoms with Gasteiger partial charge in [0.25, 0.3) is 0 Å². The van der Waals surface area contributed by atoms with Crippen LogP contribution in [-0.2, 0) is 0 Å². The highest BCUT2D eigenvalue weighted by atomic mass is 35.5. The highest BCUT2D eigenvalue weighted by molar-refractivity contribution is 6.28. The lowest BCUT2D eigenvalue weighted by Gasteiger charge is -2.12. The smallest absolute Gasteiger partial charge is 0.316 e. The van der Waals surface area contributed by atoms with E-state index in [0.29, 0.717) is 18.9 Å². The van der Waals surface area contributed by atoms with Crippen LogP contribution in [0.15, 0.2) is 6.07 Å². The van der Waals surface area contributed by atoms with Crippen molar-refractivity contribution in [1.29, 1.82) is 0 Å². The molecule has 0 fully saturated rings. The zero-order valence-corrected chi connectivity index (χ0v) is 10.9. The van der Waals surface area contributed by atoms with E-state index in [9.17, 15) is 4.79 Å². The van der Waals surface area contributed by atoms with Crippen LogP contribution in [0.25, 0.3) is 0 Å². The summed E-state index contributed by atoms with van der Waals surface area (Å²) in [6.07, 6.45) is 0. The van der Waals surface area contributed by atoms with Crippen molar-refractivity contribution in [2.75, 3.05) is 32.5 Å². The third kappa shape index (κ3) is 4.86. The fourth-order valence-corrected chi connectivity index (χ4v) is 1.37. The molecular formula is C10H16ClN5O. The number of halogens is 1. The molecule has 0 saturated heterocycles. The Hall–Kier alpha value is -1.56. The monoisotopic (exact) mass is 257 g/mol. The lowest BCUT2D eigenvalue weighted by molar-refractivity contribution is 0.218. The molecule has 0 unspecified atom stereocenters. The number of anilines is 1. The van der Waals surface area contributed by atoms with Crippen LogP contribution in [0, 0.1) is 6.92 Å². The number of carbonyl (C=O) groups is 1. The fraction of sp³-hybridized carbons (Fsp3) is 0.500. The van der Waals surface area contributed by atoms with Gasteiger partial charge in [-0.25, -0.2) is 14.8 Å². The predicted octanol–water partition coefficient (Wildman–Crippen LogP) is 1.12. The Labute approximate surface area is 105 Å². The first-order valence-electron chi connectivity index (χ1n) is 5.19. The van der Waals surface area contributed by atoms with Crippen LogP contribution in [0.5, 0.6) is 0 Å². The van der Waals surface area contributed by atoms with E-state index in [0.717, 1.165) is 5.69 Å². The van der Waals surface area contributed by atoms with Crippen molar-refractivity contribution < 1.29 is 4.79 Å². The molecule has 0 radical (unpaired) electrons. The summed E-state index contributed by atoms with van der Waals surface area (Å²) in [7, 11) is 3.38. The van der Waals surface area contributed by atoms with E-state index >= 15 is 0 Å². The van der Waals surface area contributed by atoms with Gasteiger partial charge in [-0.1, -0.05) is 0 Å². The standard InChI is InChI=1S/C10H16ClN5O/c1-7-6-8(15-9(11)14-7)12-4-5-13-10(17)16(2)3/h6H,4-5H2,1-3H3,(H,13,17)(H,12,14,15). The maximum Gasteiger partial charge on any atom is 0.316 e. The van der Waals surface area contributed by atoms with Gasteiger partial charge in [0.2, 0.25) is 5.28 Å². The first-order valence-corrected chi connectivity index (χ1v) is 5.57. The highest BCUT2D eigenvalue weighted by Crippen LogP contribution is 2.08. The number of aromatic nitrogens is 2. The van der Waals surface area contributed by atoms with Gasteiger partial charge in [0.15, 0.2) is 0 Å². The molecule has 2 N–H and O–H groups in total. The molecule has 0 saturated carbocycles. The Morgan fingerprint density at radius 2 is 2.12 bits per heavy atom. The van der Waals surface area contributed by atoms with Crippen LogP contribution < -0.4 is 10.6 Å². The summed E-state index contributed by atoms with van der Waals surface area (Å²) in [6.45, 7) is 2.93. The van der Waals surface area contributed by atoms with Crippen molar-refractivity contribution in [2.24, 2.45) is 0 Å². The van der Waals surface area contributed by atoms with Crippen LogP contribution >= 0.6 is 11.6 Å². The molecule has 94 valence electrons. The van der Waals surface area contributed by atoms with Gasteiger partial charge in [-0.2, -0.15) is 0 Å². The minimum atomic E-state index is -0.122. The van der Waals surface area contributed by atoms with Gasteiger partial charge in [0.05, 0.1) is 0 Å². The van der Waals surface area contributed by atoms with Crippen LogP contribution in [0.3, 0.4) is 0 Å². The van der Waals surface area contributed by atoms with Gasteiger partial charge in [-0.05, 0) is 18.5 Å². The van der Waals surface area contributed by atoms with Crippen LogP contribution in [0.4, 0.5) is 10.6 Å². The lowest BCUT2D eigenvalue weighted by Crippen LogP contribution is -2.37. The van der Waals surface area contributed by atoms with E-state index in [2.05, 4.69) is 20.6 Å². The summed E-state index contributed by atoms with van der Waals surface area (Å²) in [5, 5.41) is 5.99. The number of rotatable bonds is 4. The molecular weight excluding hydrogens is 242 g/mol. The van der Waals surface area contributed by atoms with Crippen LogP contribution in [-0.4, -0.2) is 48.1 Å². The quantitative estimate of drug-likeness (QED) is 0.627. The molecule has 0 atom stereocenters. The lowest BCUT2D eigenvalue weighted by atomic mass is 10.4. The molecule has 0 aliphatic heterocycles. The average Bonchev–Trinajstić information content (AvgIpc) is 2.22. The summed E-state index contributed by atoms with van der Waals surface area (Å²) in [6, 6.07) is 1.67. The normalized spacial score (nSPS) is 9.88. The predicted molar refractivity (Wildman–Crippen MR) is 67.4 cm³/mol. The summed E-state index contributed by atoms with van der Waals surface area (Å²) < 4.78 is 0. The summed E-state index contributed by atoms with van der Waals surface area (Å²) >= 11 is 5.72. The Kier molecular flexibility index (Phi) is 4.96. The molecule has 1 aromatic heterocycles. The number of hydrogen-bond donors (Lipinski definition) is 2. The van der Waals surface area contributed by atoms with E-state index in [-0.39, 0.29) is 11.3 Å². The van der Waals surface area contributed by atoms with E-state index in [1.165, 1.54) is 4.90 Å². The number of nitrogens with one attached hydrogen (secondary N) is 2. The Morgan fingerprint density at radius 3 is 2.71 bits per heavy atom. The first kappa shape index (κ1) is 13.5. The minimum Gasteiger partial charge on any atom is -0.368 e. The Bertz CT molecular complexity index is 376. The van der Waals surface area contributed by atoms with E-state index in [4.69, 9.17) is 11.6 Å². The first-order chi connectivity index (χ1) is 7.99. The topological polar surface area (TPSA) is 70.2 Å². The molecule has 0 aliphatic rings. The van der Waals surface area contributed by atoms with E-state index in [1.54, 1.807) is 20.2 Å². The van der Waals surface area contributed by atoms with Gasteiger partial charge in [0.1, 0.15) is 5.82 Å². The number of urea groups is 1. The Balaban J connectivity index is 2.33. The molecule has 7 heteroatoms. The maximum absolute atomic E-state index is 11.2. The molecule has 1 aromatic rings. The molecule has 2 amide bonds. The van der Waals surface area contributed by atoms with Crippen LogP contribution in [0.2, 0.25) is 5.28 Å². The van der Waals surface area contributed by atoms with Gasteiger partial charge in [0, 0.05) is 38.9 Å². The summed E-state index contributed by atoms with van der Waals surface area (Å²) in [4.78, 5) is 20.6. The third-order valence-electron chi connectivity index (χ3n) is 1.94. The number of hydrogen-bond acceptors (Lipinski definition) is 4. The van der Waals surface area contributed by atoms with Crippen molar-refractivity contribution in [1.82, 2.24) is 20.2 Å². The molecule has 0 spiro atoms. The second-order valence-corrected chi connectivity index (χ2v) is 4.05. The second-order valence-electron chi connectivity index (χ2n) is 3.72. The number of amides is 2. The molecule has 1 heterocycles. The van der Waals surface area contributed by atoms with Crippen molar-refractivity contribution in [2.45, 2.75) is 6.92 Å². The highest BCUT2D eigenvalue weighted by Gasteiger charge is 2.02. The average molecular weight is 258 g/mol. The van der Waals surface area contributed by atoms with Gasteiger partial charge in [-0.3, -0.25) is 0 Å². The molecule has 6 nitrogen and oxygen atoms in total. The summed E-state index contributed by atoms with van der Waals surface area (Å²) in [5.41, 5.74) is 0.796. The van der Waals surface area contributed by atoms with Crippen LogP contribution in [0.1, 0.15) is 5.69 Å². The van der Waals surface area contributed by atoms with Crippen molar-refractivity contribution >= 4 is 23.4 Å². The maximum atomic E-state index is 11.2. The molecule has 0 aliphatic carbocycles. The molecule has 0 aromatic carbocycles. The largest absolute Gasteiger partial charge is 0.368 e. The zero-order valence-electron chi connectivity index (χ0n) is 10.1. The molecule has 0 bridgehead atoms. The van der Waals surface area contributed by atoms with E-state index in [1.807, 2.05) is 6.92 Å². The number of carbonyl (C=O) groups excluding carboxylic acids is 1.